The standard InChI is InChI=1S/C20H21N5O3/c1-27-15-3-4-18(28-2)13(7-15)10-25-6-5-17-16(11-25)20(26)24-19(23-17)14-8-21-12-22-9-14/h3-4,7-9,12H,5-6,10-11H2,1-2H3,(H,23,24,26). The van der Waals surface area contributed by atoms with E-state index in [0.717, 1.165) is 29.3 Å². The highest BCUT2D eigenvalue weighted by molar-refractivity contribution is 5.52. The molecule has 3 heterocycles. The minimum atomic E-state index is -0.119. The zero-order valence-corrected chi connectivity index (χ0v) is 15.8. The molecule has 0 amide bonds. The fraction of sp³-hybridized carbons (Fsp3) is 0.300. The van der Waals surface area contributed by atoms with E-state index in [-0.39, 0.29) is 5.56 Å². The predicted molar refractivity (Wildman–Crippen MR) is 103 cm³/mol. The molecule has 1 aliphatic heterocycles. The number of hydrogen-bond acceptors (Lipinski definition) is 7. The second-order valence-corrected chi connectivity index (χ2v) is 6.61. The van der Waals surface area contributed by atoms with Crippen LogP contribution in [0.15, 0.2) is 41.7 Å². The number of nitrogens with zero attached hydrogens (tertiary/aromatic N) is 4. The van der Waals surface area contributed by atoms with Crippen molar-refractivity contribution < 1.29 is 9.47 Å². The van der Waals surface area contributed by atoms with Crippen LogP contribution in [-0.2, 0) is 19.5 Å². The summed E-state index contributed by atoms with van der Waals surface area (Å²) in [6.45, 7) is 1.99. The molecular weight excluding hydrogens is 358 g/mol. The van der Waals surface area contributed by atoms with Crippen molar-refractivity contribution in [1.82, 2.24) is 24.8 Å². The Kier molecular flexibility index (Phi) is 5.03. The molecule has 28 heavy (non-hydrogen) atoms. The maximum Gasteiger partial charge on any atom is 0.255 e. The van der Waals surface area contributed by atoms with Gasteiger partial charge >= 0.3 is 0 Å². The first-order chi connectivity index (χ1) is 13.7. The molecule has 0 fully saturated rings. The third-order valence-electron chi connectivity index (χ3n) is 4.86. The van der Waals surface area contributed by atoms with Gasteiger partial charge in [0.25, 0.3) is 5.56 Å². The van der Waals surface area contributed by atoms with Crippen LogP contribution in [0.25, 0.3) is 11.4 Å². The van der Waals surface area contributed by atoms with Crippen LogP contribution < -0.4 is 15.0 Å². The molecule has 0 bridgehead atoms. The van der Waals surface area contributed by atoms with Crippen molar-refractivity contribution in [2.75, 3.05) is 20.8 Å². The van der Waals surface area contributed by atoms with Gasteiger partial charge in [-0.2, -0.15) is 0 Å². The third-order valence-corrected chi connectivity index (χ3v) is 4.86. The van der Waals surface area contributed by atoms with Gasteiger partial charge in [-0.1, -0.05) is 0 Å². The van der Waals surface area contributed by atoms with E-state index in [1.807, 2.05) is 18.2 Å². The monoisotopic (exact) mass is 379 g/mol. The summed E-state index contributed by atoms with van der Waals surface area (Å²) in [5.41, 5.74) is 3.13. The Labute approximate surface area is 162 Å². The number of ether oxygens (including phenoxy) is 2. The Hall–Kier alpha value is -3.26. The Morgan fingerprint density at radius 2 is 2.00 bits per heavy atom. The minimum absolute atomic E-state index is 0.119. The molecule has 8 heteroatoms. The molecule has 1 N–H and O–H groups in total. The Balaban J connectivity index is 1.58. The van der Waals surface area contributed by atoms with E-state index >= 15 is 0 Å². The van der Waals surface area contributed by atoms with Crippen molar-refractivity contribution in [3.05, 3.63) is 64.1 Å². The average Bonchev–Trinajstić information content (AvgIpc) is 2.74. The van der Waals surface area contributed by atoms with Gasteiger partial charge in [-0.15, -0.1) is 0 Å². The minimum Gasteiger partial charge on any atom is -0.497 e. The van der Waals surface area contributed by atoms with E-state index in [4.69, 9.17) is 9.47 Å². The molecule has 4 rings (SSSR count). The first-order valence-electron chi connectivity index (χ1n) is 8.98. The molecular formula is C20H21N5O3. The molecule has 3 aromatic rings. The molecule has 0 saturated heterocycles. The third kappa shape index (κ3) is 3.59. The van der Waals surface area contributed by atoms with E-state index in [1.54, 1.807) is 26.6 Å². The number of H-pyrrole nitrogens is 1. The van der Waals surface area contributed by atoms with Gasteiger partial charge in [0.15, 0.2) is 0 Å². The summed E-state index contributed by atoms with van der Waals surface area (Å²) >= 11 is 0. The van der Waals surface area contributed by atoms with Crippen molar-refractivity contribution in [3.8, 4) is 22.9 Å². The number of nitrogens with one attached hydrogen (secondary N) is 1. The lowest BCUT2D eigenvalue weighted by Gasteiger charge is -2.28. The second-order valence-electron chi connectivity index (χ2n) is 6.61. The second kappa shape index (κ2) is 7.77. The first-order valence-corrected chi connectivity index (χ1v) is 8.98. The number of rotatable bonds is 5. The maximum atomic E-state index is 12.7. The lowest BCUT2D eigenvalue weighted by atomic mass is 10.1. The number of benzene rings is 1. The largest absolute Gasteiger partial charge is 0.497 e. The van der Waals surface area contributed by atoms with Gasteiger partial charge < -0.3 is 14.5 Å². The predicted octanol–water partition coefficient (Wildman–Crippen LogP) is 1.80. The van der Waals surface area contributed by atoms with Crippen molar-refractivity contribution in [2.45, 2.75) is 19.5 Å². The zero-order chi connectivity index (χ0) is 19.5. The molecule has 1 aliphatic rings. The van der Waals surface area contributed by atoms with Crippen molar-refractivity contribution in [2.24, 2.45) is 0 Å². The van der Waals surface area contributed by atoms with Gasteiger partial charge in [0.05, 0.1) is 31.0 Å². The van der Waals surface area contributed by atoms with E-state index in [9.17, 15) is 4.79 Å². The van der Waals surface area contributed by atoms with Gasteiger partial charge in [0, 0.05) is 44.0 Å². The SMILES string of the molecule is COc1ccc(OC)c(CN2CCc3nc(-c4cncnc4)[nH]c(=O)c3C2)c1. The zero-order valence-electron chi connectivity index (χ0n) is 15.8. The Morgan fingerprint density at radius 1 is 1.18 bits per heavy atom. The summed E-state index contributed by atoms with van der Waals surface area (Å²) in [5.74, 6) is 2.09. The van der Waals surface area contributed by atoms with Crippen LogP contribution in [0, 0.1) is 0 Å². The Morgan fingerprint density at radius 3 is 2.75 bits per heavy atom. The van der Waals surface area contributed by atoms with E-state index < -0.39 is 0 Å². The van der Waals surface area contributed by atoms with Gasteiger partial charge in [-0.3, -0.25) is 9.69 Å². The summed E-state index contributed by atoms with van der Waals surface area (Å²) in [5, 5.41) is 0. The van der Waals surface area contributed by atoms with Crippen LogP contribution in [-0.4, -0.2) is 45.6 Å². The quantitative estimate of drug-likeness (QED) is 0.722. The molecule has 8 nitrogen and oxygen atoms in total. The molecule has 0 aliphatic carbocycles. The number of hydrogen-bond donors (Lipinski definition) is 1. The van der Waals surface area contributed by atoms with Gasteiger partial charge in [0.2, 0.25) is 0 Å². The van der Waals surface area contributed by atoms with Crippen molar-refractivity contribution in [1.29, 1.82) is 0 Å². The van der Waals surface area contributed by atoms with Gasteiger partial charge in [-0.05, 0) is 18.2 Å². The van der Waals surface area contributed by atoms with Gasteiger partial charge in [0.1, 0.15) is 23.7 Å². The topological polar surface area (TPSA) is 93.2 Å². The number of aromatic nitrogens is 4. The highest BCUT2D eigenvalue weighted by Crippen LogP contribution is 2.27. The van der Waals surface area contributed by atoms with Crippen LogP contribution >= 0.6 is 0 Å². The summed E-state index contributed by atoms with van der Waals surface area (Å²) in [6, 6.07) is 5.74. The average molecular weight is 379 g/mol. The van der Waals surface area contributed by atoms with Crippen LogP contribution in [0.4, 0.5) is 0 Å². The van der Waals surface area contributed by atoms with Crippen molar-refractivity contribution >= 4 is 0 Å². The maximum absolute atomic E-state index is 12.7. The van der Waals surface area contributed by atoms with Crippen LogP contribution in [0.5, 0.6) is 11.5 Å². The normalized spacial score (nSPS) is 13.8. The molecule has 0 radical (unpaired) electrons. The molecule has 0 atom stereocenters. The van der Waals surface area contributed by atoms with Crippen molar-refractivity contribution in [3.63, 3.8) is 0 Å². The number of fused-ring (bicyclic) bond motifs is 1. The van der Waals surface area contributed by atoms with E-state index in [2.05, 4.69) is 24.8 Å². The molecule has 0 unspecified atom stereocenters. The molecule has 1 aromatic carbocycles. The highest BCUT2D eigenvalue weighted by atomic mass is 16.5. The summed E-state index contributed by atoms with van der Waals surface area (Å²) in [7, 11) is 3.30. The van der Waals surface area contributed by atoms with Gasteiger partial charge in [-0.25, -0.2) is 15.0 Å². The summed E-state index contributed by atoms with van der Waals surface area (Å²) < 4.78 is 10.8. The summed E-state index contributed by atoms with van der Waals surface area (Å²) in [6.07, 6.45) is 5.43. The van der Waals surface area contributed by atoms with Crippen LogP contribution in [0.3, 0.4) is 0 Å². The molecule has 0 saturated carbocycles. The molecule has 2 aromatic heterocycles. The number of aromatic amines is 1. The highest BCUT2D eigenvalue weighted by Gasteiger charge is 2.22. The number of methoxy groups -OCH3 is 2. The lowest BCUT2D eigenvalue weighted by molar-refractivity contribution is 0.237. The van der Waals surface area contributed by atoms with Crippen LogP contribution in [0.1, 0.15) is 16.8 Å². The molecule has 0 spiro atoms. The Bertz CT molecular complexity index is 1040. The first kappa shape index (κ1) is 18.1. The fourth-order valence-corrected chi connectivity index (χ4v) is 3.42. The van der Waals surface area contributed by atoms with E-state index in [1.165, 1.54) is 6.33 Å². The van der Waals surface area contributed by atoms with Crippen LogP contribution in [0.2, 0.25) is 0 Å². The molecule has 144 valence electrons. The summed E-state index contributed by atoms with van der Waals surface area (Å²) in [4.78, 5) is 30.4. The lowest BCUT2D eigenvalue weighted by Crippen LogP contribution is -2.35. The fourth-order valence-electron chi connectivity index (χ4n) is 3.42. The smallest absolute Gasteiger partial charge is 0.255 e. The van der Waals surface area contributed by atoms with E-state index in [0.29, 0.717) is 36.5 Å².